The molecule has 146 valence electrons. The van der Waals surface area contributed by atoms with Crippen LogP contribution in [0.15, 0.2) is 30.3 Å². The summed E-state index contributed by atoms with van der Waals surface area (Å²) in [4.78, 5) is 17.4. The van der Waals surface area contributed by atoms with Crippen LogP contribution in [0.25, 0.3) is 0 Å². The number of hydrogen-bond donors (Lipinski definition) is 2. The highest BCUT2D eigenvalue weighted by Gasteiger charge is 2.25. The molecule has 0 radical (unpaired) electrons. The summed E-state index contributed by atoms with van der Waals surface area (Å²) in [6.07, 6.45) is 5.98. The third kappa shape index (κ3) is 6.45. The fourth-order valence-electron chi connectivity index (χ4n) is 3.90. The van der Waals surface area contributed by atoms with Gasteiger partial charge in [-0.1, -0.05) is 30.3 Å². The Labute approximate surface area is 163 Å². The minimum Gasteiger partial charge on any atom is -0.334 e. The van der Waals surface area contributed by atoms with Crippen LogP contribution in [0.2, 0.25) is 0 Å². The van der Waals surface area contributed by atoms with E-state index in [4.69, 9.17) is 0 Å². The number of urea groups is 1. The SMILES string of the molecule is Cl.O=C(NCc1ccccc1)N(CCCN1CCCC1)C1CCCNC1. The van der Waals surface area contributed by atoms with Crippen molar-refractivity contribution in [3.05, 3.63) is 35.9 Å². The molecular formula is C20H33ClN4O. The van der Waals surface area contributed by atoms with Crippen molar-refractivity contribution in [2.24, 2.45) is 0 Å². The number of hydrogen-bond acceptors (Lipinski definition) is 3. The van der Waals surface area contributed by atoms with E-state index in [1.807, 2.05) is 18.2 Å². The van der Waals surface area contributed by atoms with E-state index >= 15 is 0 Å². The summed E-state index contributed by atoms with van der Waals surface area (Å²) in [6, 6.07) is 10.5. The Morgan fingerprint density at radius 1 is 1.19 bits per heavy atom. The molecule has 2 fully saturated rings. The summed E-state index contributed by atoms with van der Waals surface area (Å²) in [6.45, 7) is 7.01. The number of likely N-dealkylation sites (tertiary alicyclic amines) is 1. The summed E-state index contributed by atoms with van der Waals surface area (Å²) in [5.74, 6) is 0. The lowest BCUT2D eigenvalue weighted by atomic mass is 10.1. The first kappa shape index (κ1) is 21.0. The van der Waals surface area contributed by atoms with Gasteiger partial charge in [0.15, 0.2) is 0 Å². The van der Waals surface area contributed by atoms with E-state index < -0.39 is 0 Å². The zero-order valence-corrected chi connectivity index (χ0v) is 16.5. The van der Waals surface area contributed by atoms with Crippen molar-refractivity contribution < 1.29 is 4.79 Å². The van der Waals surface area contributed by atoms with Gasteiger partial charge < -0.3 is 20.4 Å². The van der Waals surface area contributed by atoms with Crippen molar-refractivity contribution in [2.45, 2.75) is 44.7 Å². The normalized spacial score (nSPS) is 20.4. The number of halogens is 1. The second-order valence-electron chi connectivity index (χ2n) is 7.24. The molecule has 2 amide bonds. The molecule has 0 saturated carbocycles. The standard InChI is InChI=1S/C20H32N4O.ClH/c25-20(22-16-18-8-2-1-3-9-18)24(19-10-6-11-21-17-19)15-7-14-23-12-4-5-13-23;/h1-3,8-9,19,21H,4-7,10-17H2,(H,22,25);1H. The predicted molar refractivity (Wildman–Crippen MR) is 109 cm³/mol. The van der Waals surface area contributed by atoms with E-state index in [0.29, 0.717) is 12.6 Å². The first-order chi connectivity index (χ1) is 12.3. The minimum absolute atomic E-state index is 0. The van der Waals surface area contributed by atoms with Gasteiger partial charge in [-0.25, -0.2) is 4.79 Å². The zero-order chi connectivity index (χ0) is 17.3. The van der Waals surface area contributed by atoms with E-state index in [9.17, 15) is 4.79 Å². The number of carbonyl (C=O) groups is 1. The summed E-state index contributed by atoms with van der Waals surface area (Å²) in [5, 5.41) is 6.56. The molecule has 2 aliphatic heterocycles. The molecule has 3 rings (SSSR count). The second kappa shape index (κ2) is 11.4. The molecule has 0 bridgehead atoms. The van der Waals surface area contributed by atoms with Crippen LogP contribution < -0.4 is 10.6 Å². The molecule has 1 unspecified atom stereocenters. The van der Waals surface area contributed by atoms with Crippen LogP contribution in [0, 0.1) is 0 Å². The molecule has 1 aromatic carbocycles. The molecule has 26 heavy (non-hydrogen) atoms. The second-order valence-corrected chi connectivity index (χ2v) is 7.24. The molecule has 0 aromatic heterocycles. The zero-order valence-electron chi connectivity index (χ0n) is 15.7. The Balaban J connectivity index is 0.00000243. The lowest BCUT2D eigenvalue weighted by molar-refractivity contribution is 0.155. The van der Waals surface area contributed by atoms with Gasteiger partial charge in [-0.15, -0.1) is 12.4 Å². The summed E-state index contributed by atoms with van der Waals surface area (Å²) in [5.41, 5.74) is 1.15. The molecule has 1 aromatic rings. The first-order valence-corrected chi connectivity index (χ1v) is 9.84. The van der Waals surface area contributed by atoms with Gasteiger partial charge in [0.05, 0.1) is 0 Å². The van der Waals surface area contributed by atoms with Crippen LogP contribution in [0.5, 0.6) is 0 Å². The topological polar surface area (TPSA) is 47.6 Å². The Kier molecular flexibility index (Phi) is 9.23. The van der Waals surface area contributed by atoms with Crippen molar-refractivity contribution in [3.63, 3.8) is 0 Å². The number of benzene rings is 1. The van der Waals surface area contributed by atoms with E-state index in [1.54, 1.807) is 0 Å². The number of carbonyl (C=O) groups excluding carboxylic acids is 1. The number of rotatable bonds is 7. The molecule has 2 N–H and O–H groups in total. The van der Waals surface area contributed by atoms with Crippen LogP contribution in [-0.2, 0) is 6.54 Å². The number of amides is 2. The fraction of sp³-hybridized carbons (Fsp3) is 0.650. The Morgan fingerprint density at radius 2 is 1.96 bits per heavy atom. The van der Waals surface area contributed by atoms with Crippen molar-refractivity contribution >= 4 is 18.4 Å². The first-order valence-electron chi connectivity index (χ1n) is 9.84. The van der Waals surface area contributed by atoms with E-state index in [0.717, 1.165) is 51.0 Å². The molecule has 0 aliphatic carbocycles. The molecule has 2 heterocycles. The van der Waals surface area contributed by atoms with Gasteiger partial charge in [-0.2, -0.15) is 0 Å². The monoisotopic (exact) mass is 380 g/mol. The molecule has 1 atom stereocenters. The fourth-order valence-corrected chi connectivity index (χ4v) is 3.90. The average Bonchev–Trinajstić information content (AvgIpc) is 3.18. The highest BCUT2D eigenvalue weighted by atomic mass is 35.5. The van der Waals surface area contributed by atoms with Crippen molar-refractivity contribution in [1.29, 1.82) is 0 Å². The van der Waals surface area contributed by atoms with Gasteiger partial charge in [0.25, 0.3) is 0 Å². The van der Waals surface area contributed by atoms with Crippen LogP contribution in [0.3, 0.4) is 0 Å². The molecular weight excluding hydrogens is 348 g/mol. The number of piperidine rings is 1. The molecule has 0 spiro atoms. The van der Waals surface area contributed by atoms with Gasteiger partial charge in [0.1, 0.15) is 0 Å². The lowest BCUT2D eigenvalue weighted by Crippen LogP contribution is -2.52. The molecule has 6 heteroatoms. The quantitative estimate of drug-likeness (QED) is 0.764. The summed E-state index contributed by atoms with van der Waals surface area (Å²) in [7, 11) is 0. The van der Waals surface area contributed by atoms with Gasteiger partial charge in [-0.3, -0.25) is 0 Å². The Morgan fingerprint density at radius 3 is 2.65 bits per heavy atom. The third-order valence-electron chi connectivity index (χ3n) is 5.33. The summed E-state index contributed by atoms with van der Waals surface area (Å²) >= 11 is 0. The maximum absolute atomic E-state index is 12.8. The number of nitrogens with zero attached hydrogens (tertiary/aromatic N) is 2. The maximum Gasteiger partial charge on any atom is 0.317 e. The van der Waals surface area contributed by atoms with E-state index in [-0.39, 0.29) is 18.4 Å². The van der Waals surface area contributed by atoms with Crippen LogP contribution in [-0.4, -0.2) is 61.1 Å². The molecule has 2 aliphatic rings. The van der Waals surface area contributed by atoms with Crippen molar-refractivity contribution in [2.75, 3.05) is 39.3 Å². The highest BCUT2D eigenvalue weighted by Crippen LogP contribution is 2.13. The minimum atomic E-state index is 0. The van der Waals surface area contributed by atoms with E-state index in [2.05, 4.69) is 32.6 Å². The largest absolute Gasteiger partial charge is 0.334 e. The summed E-state index contributed by atoms with van der Waals surface area (Å²) < 4.78 is 0. The van der Waals surface area contributed by atoms with E-state index in [1.165, 1.54) is 25.9 Å². The van der Waals surface area contributed by atoms with Crippen LogP contribution in [0.1, 0.15) is 37.7 Å². The van der Waals surface area contributed by atoms with Gasteiger partial charge in [0.2, 0.25) is 0 Å². The maximum atomic E-state index is 12.8. The van der Waals surface area contributed by atoms with Crippen LogP contribution in [0.4, 0.5) is 4.79 Å². The number of nitrogens with one attached hydrogen (secondary N) is 2. The van der Waals surface area contributed by atoms with Crippen molar-refractivity contribution in [3.8, 4) is 0 Å². The van der Waals surface area contributed by atoms with Gasteiger partial charge in [-0.05, 0) is 63.8 Å². The van der Waals surface area contributed by atoms with Crippen molar-refractivity contribution in [1.82, 2.24) is 20.4 Å². The average molecular weight is 381 g/mol. The van der Waals surface area contributed by atoms with Gasteiger partial charge in [0, 0.05) is 25.7 Å². The Hall–Kier alpha value is -1.30. The highest BCUT2D eigenvalue weighted by molar-refractivity contribution is 5.85. The van der Waals surface area contributed by atoms with Gasteiger partial charge >= 0.3 is 6.03 Å². The van der Waals surface area contributed by atoms with Crippen LogP contribution >= 0.6 is 12.4 Å². The molecule has 5 nitrogen and oxygen atoms in total. The lowest BCUT2D eigenvalue weighted by Gasteiger charge is -2.35. The smallest absolute Gasteiger partial charge is 0.317 e. The molecule has 2 saturated heterocycles. The Bertz CT molecular complexity index is 516. The third-order valence-corrected chi connectivity index (χ3v) is 5.33. The predicted octanol–water partition coefficient (Wildman–Crippen LogP) is 2.86.